The van der Waals surface area contributed by atoms with Gasteiger partial charge in [0.2, 0.25) is 5.89 Å². The standard InChI is InChI=1S/C23H25BN2O3/c1-7-15-11-16(13-25)20-19(12-15)26-21(27-20)17-9-8-10-18(14(17)2)24-28-22(3,4)23(5,6)29-24/h8-12H,7H2,1-6H3. The highest BCUT2D eigenvalue weighted by Gasteiger charge is 2.52. The summed E-state index contributed by atoms with van der Waals surface area (Å²) in [5, 5.41) is 9.50. The van der Waals surface area contributed by atoms with Crippen LogP contribution in [0.5, 0.6) is 0 Å². The van der Waals surface area contributed by atoms with Crippen molar-refractivity contribution < 1.29 is 13.7 Å². The lowest BCUT2D eigenvalue weighted by Crippen LogP contribution is -2.41. The Hall–Kier alpha value is -2.62. The van der Waals surface area contributed by atoms with Gasteiger partial charge in [0, 0.05) is 5.56 Å². The van der Waals surface area contributed by atoms with Gasteiger partial charge in [-0.25, -0.2) is 4.98 Å². The highest BCUT2D eigenvalue weighted by Crippen LogP contribution is 2.37. The molecule has 3 aromatic rings. The molecule has 1 aromatic heterocycles. The molecule has 148 valence electrons. The Morgan fingerprint density at radius 3 is 2.41 bits per heavy atom. The number of benzene rings is 2. The van der Waals surface area contributed by atoms with Gasteiger partial charge in [-0.05, 0) is 75.8 Å². The maximum Gasteiger partial charge on any atom is 0.495 e. The van der Waals surface area contributed by atoms with E-state index in [0.717, 1.165) is 28.6 Å². The lowest BCUT2D eigenvalue weighted by Gasteiger charge is -2.32. The van der Waals surface area contributed by atoms with E-state index >= 15 is 0 Å². The molecule has 6 heteroatoms. The first-order valence-corrected chi connectivity index (χ1v) is 9.96. The van der Waals surface area contributed by atoms with E-state index in [1.807, 2.05) is 65.0 Å². The molecule has 2 heterocycles. The van der Waals surface area contributed by atoms with Gasteiger partial charge in [0.25, 0.3) is 0 Å². The number of aryl methyl sites for hydroxylation is 1. The van der Waals surface area contributed by atoms with Crippen LogP contribution in [0.2, 0.25) is 0 Å². The van der Waals surface area contributed by atoms with Crippen LogP contribution in [-0.4, -0.2) is 23.3 Å². The van der Waals surface area contributed by atoms with Gasteiger partial charge < -0.3 is 13.7 Å². The fourth-order valence-electron chi connectivity index (χ4n) is 3.60. The second-order valence-corrected chi connectivity index (χ2v) is 8.58. The highest BCUT2D eigenvalue weighted by molar-refractivity contribution is 6.62. The monoisotopic (exact) mass is 388 g/mol. The molecular formula is C23H25BN2O3. The van der Waals surface area contributed by atoms with E-state index in [-0.39, 0.29) is 0 Å². The van der Waals surface area contributed by atoms with Crippen molar-refractivity contribution in [3.63, 3.8) is 0 Å². The van der Waals surface area contributed by atoms with E-state index in [4.69, 9.17) is 13.7 Å². The number of fused-ring (bicyclic) bond motifs is 1. The van der Waals surface area contributed by atoms with Crippen molar-refractivity contribution in [1.29, 1.82) is 5.26 Å². The largest absolute Gasteiger partial charge is 0.495 e. The van der Waals surface area contributed by atoms with Crippen LogP contribution in [0.4, 0.5) is 0 Å². The predicted octanol–water partition coefficient (Wildman–Crippen LogP) is 4.54. The Kier molecular flexibility index (Phi) is 4.56. The number of aromatic nitrogens is 1. The third-order valence-electron chi connectivity index (χ3n) is 6.19. The Balaban J connectivity index is 1.80. The zero-order valence-electron chi connectivity index (χ0n) is 17.8. The van der Waals surface area contributed by atoms with E-state index in [0.29, 0.717) is 22.6 Å². The van der Waals surface area contributed by atoms with E-state index in [2.05, 4.69) is 18.0 Å². The SMILES string of the molecule is CCc1cc(C#N)c2oc(-c3cccc(B4OC(C)(C)C(C)(C)O4)c3C)nc2c1. The number of nitrogens with zero attached hydrogens (tertiary/aromatic N) is 2. The van der Waals surface area contributed by atoms with Crippen LogP contribution < -0.4 is 5.46 Å². The van der Waals surface area contributed by atoms with Gasteiger partial charge in [-0.3, -0.25) is 0 Å². The van der Waals surface area contributed by atoms with Crippen molar-refractivity contribution >= 4 is 23.7 Å². The molecule has 29 heavy (non-hydrogen) atoms. The highest BCUT2D eigenvalue weighted by atomic mass is 16.7. The Morgan fingerprint density at radius 1 is 1.10 bits per heavy atom. The third kappa shape index (κ3) is 3.15. The van der Waals surface area contributed by atoms with Crippen LogP contribution in [0.15, 0.2) is 34.7 Å². The molecule has 1 aliphatic heterocycles. The van der Waals surface area contributed by atoms with Crippen molar-refractivity contribution in [1.82, 2.24) is 4.98 Å². The molecule has 0 amide bonds. The lowest BCUT2D eigenvalue weighted by molar-refractivity contribution is 0.00578. The first-order chi connectivity index (χ1) is 13.7. The van der Waals surface area contributed by atoms with E-state index in [1.54, 1.807) is 0 Å². The molecule has 4 rings (SSSR count). The predicted molar refractivity (Wildman–Crippen MR) is 114 cm³/mol. The van der Waals surface area contributed by atoms with E-state index in [9.17, 15) is 5.26 Å². The Morgan fingerprint density at radius 2 is 1.79 bits per heavy atom. The lowest BCUT2D eigenvalue weighted by atomic mass is 9.75. The first kappa shape index (κ1) is 19.7. The molecule has 1 aliphatic rings. The van der Waals surface area contributed by atoms with Crippen LogP contribution in [0, 0.1) is 18.3 Å². The van der Waals surface area contributed by atoms with Gasteiger partial charge in [0.1, 0.15) is 11.6 Å². The van der Waals surface area contributed by atoms with Gasteiger partial charge in [0.05, 0.1) is 16.8 Å². The maximum absolute atomic E-state index is 9.50. The first-order valence-electron chi connectivity index (χ1n) is 9.96. The summed E-state index contributed by atoms with van der Waals surface area (Å²) < 4.78 is 18.5. The molecule has 5 nitrogen and oxygen atoms in total. The fraction of sp³-hybridized carbons (Fsp3) is 0.391. The summed E-state index contributed by atoms with van der Waals surface area (Å²) in [6, 6.07) is 12.0. The average Bonchev–Trinajstić information content (AvgIpc) is 3.18. The number of hydrogen-bond donors (Lipinski definition) is 0. The molecule has 0 atom stereocenters. The molecule has 0 saturated carbocycles. The number of hydrogen-bond acceptors (Lipinski definition) is 5. The van der Waals surface area contributed by atoms with Crippen molar-refractivity contribution in [2.24, 2.45) is 0 Å². The van der Waals surface area contributed by atoms with Crippen molar-refractivity contribution in [2.75, 3.05) is 0 Å². The zero-order chi connectivity index (χ0) is 21.0. The van der Waals surface area contributed by atoms with Crippen LogP contribution in [0.1, 0.15) is 51.3 Å². The van der Waals surface area contributed by atoms with E-state index in [1.165, 1.54) is 0 Å². The summed E-state index contributed by atoms with van der Waals surface area (Å²) in [6.45, 7) is 12.3. The summed E-state index contributed by atoms with van der Waals surface area (Å²) in [5.74, 6) is 0.501. The third-order valence-corrected chi connectivity index (χ3v) is 6.19. The topological polar surface area (TPSA) is 68.3 Å². The van der Waals surface area contributed by atoms with Crippen LogP contribution >= 0.6 is 0 Å². The number of rotatable bonds is 3. The van der Waals surface area contributed by atoms with Gasteiger partial charge >= 0.3 is 7.12 Å². The van der Waals surface area contributed by atoms with E-state index < -0.39 is 18.3 Å². The minimum Gasteiger partial charge on any atom is -0.435 e. The van der Waals surface area contributed by atoms with Crippen LogP contribution in [-0.2, 0) is 15.7 Å². The molecule has 1 fully saturated rings. The van der Waals surface area contributed by atoms with Crippen molar-refractivity contribution in [3.05, 3.63) is 47.0 Å². The van der Waals surface area contributed by atoms with Gasteiger partial charge in [-0.15, -0.1) is 0 Å². The number of nitriles is 1. The minimum atomic E-state index is -0.453. The summed E-state index contributed by atoms with van der Waals surface area (Å²) in [7, 11) is -0.453. The van der Waals surface area contributed by atoms with Gasteiger partial charge in [0.15, 0.2) is 5.58 Å². The zero-order valence-corrected chi connectivity index (χ0v) is 17.8. The maximum atomic E-state index is 9.50. The molecule has 0 radical (unpaired) electrons. The Bertz CT molecular complexity index is 1120. The second-order valence-electron chi connectivity index (χ2n) is 8.58. The average molecular weight is 388 g/mol. The smallest absolute Gasteiger partial charge is 0.435 e. The van der Waals surface area contributed by atoms with Gasteiger partial charge in [-0.1, -0.05) is 19.1 Å². The quantitative estimate of drug-likeness (QED) is 0.617. The Labute approximate surface area is 171 Å². The van der Waals surface area contributed by atoms with Gasteiger partial charge in [-0.2, -0.15) is 5.26 Å². The normalized spacial score (nSPS) is 17.6. The molecule has 2 aromatic carbocycles. The summed E-state index contributed by atoms with van der Waals surface area (Å²) in [6.07, 6.45) is 0.837. The molecule has 0 bridgehead atoms. The van der Waals surface area contributed by atoms with Crippen molar-refractivity contribution in [2.45, 2.75) is 59.2 Å². The van der Waals surface area contributed by atoms with Crippen molar-refractivity contribution in [3.8, 4) is 17.5 Å². The molecule has 0 aliphatic carbocycles. The minimum absolute atomic E-state index is 0.407. The molecule has 0 spiro atoms. The molecule has 1 saturated heterocycles. The van der Waals surface area contributed by atoms with Crippen LogP contribution in [0.3, 0.4) is 0 Å². The second kappa shape index (κ2) is 6.72. The molecule has 0 N–H and O–H groups in total. The summed E-state index contributed by atoms with van der Waals surface area (Å²) in [5.41, 5.74) is 4.82. The molecule has 0 unspecified atom stereocenters. The fourth-order valence-corrected chi connectivity index (χ4v) is 3.60. The van der Waals surface area contributed by atoms with Crippen LogP contribution in [0.25, 0.3) is 22.6 Å². The summed E-state index contributed by atoms with van der Waals surface area (Å²) in [4.78, 5) is 4.69. The number of oxazole rings is 1. The summed E-state index contributed by atoms with van der Waals surface area (Å²) >= 11 is 0. The molecular weight excluding hydrogens is 363 g/mol.